The second kappa shape index (κ2) is 10.8. The molecule has 1 saturated heterocycles. The highest BCUT2D eigenvalue weighted by atomic mass is 32.1. The number of nitro benzene ring substituents is 1. The van der Waals surface area contributed by atoms with Gasteiger partial charge in [0.2, 0.25) is 10.3 Å². The zero-order chi connectivity index (χ0) is 24.8. The maximum atomic E-state index is 12.6. The first-order valence-electron chi connectivity index (χ1n) is 11.0. The molecule has 1 aliphatic heterocycles. The van der Waals surface area contributed by atoms with Crippen LogP contribution in [0.15, 0.2) is 40.3 Å². The summed E-state index contributed by atoms with van der Waals surface area (Å²) in [5.41, 5.74) is -0.137. The number of nitrogens with zero attached hydrogens (tertiary/aromatic N) is 5. The van der Waals surface area contributed by atoms with E-state index >= 15 is 0 Å². The second-order valence-corrected chi connectivity index (χ2v) is 8.59. The normalized spacial score (nSPS) is 13.8. The van der Waals surface area contributed by atoms with Crippen molar-refractivity contribution < 1.29 is 18.9 Å². The number of aromatic nitrogens is 2. The summed E-state index contributed by atoms with van der Waals surface area (Å²) in [6.07, 6.45) is 4.64. The Morgan fingerprint density at radius 1 is 1.31 bits per heavy atom. The van der Waals surface area contributed by atoms with Crippen LogP contribution in [0, 0.1) is 21.4 Å². The summed E-state index contributed by atoms with van der Waals surface area (Å²) in [5, 5.41) is 32.8. The van der Waals surface area contributed by atoms with Crippen molar-refractivity contribution in [1.82, 2.24) is 10.2 Å². The van der Waals surface area contributed by atoms with Gasteiger partial charge in [0.1, 0.15) is 28.9 Å². The number of anilines is 2. The van der Waals surface area contributed by atoms with Crippen molar-refractivity contribution in [3.63, 3.8) is 0 Å². The largest absolute Gasteiger partial charge is 0.494 e. The maximum absolute atomic E-state index is 12.6. The van der Waals surface area contributed by atoms with Crippen LogP contribution in [-0.4, -0.2) is 40.7 Å². The molecule has 1 aliphatic rings. The van der Waals surface area contributed by atoms with Gasteiger partial charge >= 0.3 is 0 Å². The Hall–Kier alpha value is -4.24. The van der Waals surface area contributed by atoms with Gasteiger partial charge in [0.25, 0.3) is 11.6 Å². The molecule has 3 heterocycles. The molecule has 0 aliphatic carbocycles. The number of hydrogen-bond acceptors (Lipinski definition) is 10. The van der Waals surface area contributed by atoms with E-state index in [2.05, 4.69) is 20.4 Å². The quantitative estimate of drug-likeness (QED) is 0.205. The highest BCUT2D eigenvalue weighted by Crippen LogP contribution is 2.34. The molecule has 4 rings (SSSR count). The van der Waals surface area contributed by atoms with Gasteiger partial charge in [0.05, 0.1) is 23.2 Å². The van der Waals surface area contributed by atoms with Crippen LogP contribution in [0.5, 0.6) is 5.75 Å². The Kier molecular flexibility index (Phi) is 7.37. The van der Waals surface area contributed by atoms with Crippen molar-refractivity contribution in [2.24, 2.45) is 0 Å². The SMILES string of the molecule is CCOc1ccc(-c2ccc(C=C(C#N)C(=O)Nc3nnc(N4CCCCC4)s3)o2)c([N+](=O)[O-])c1. The topological polar surface area (TPSA) is 147 Å². The number of hydrogen-bond donors (Lipinski definition) is 1. The Morgan fingerprint density at radius 2 is 2.11 bits per heavy atom. The third kappa shape index (κ3) is 5.64. The van der Waals surface area contributed by atoms with Crippen LogP contribution in [0.1, 0.15) is 31.9 Å². The van der Waals surface area contributed by atoms with Crippen LogP contribution in [0.3, 0.4) is 0 Å². The fourth-order valence-electron chi connectivity index (χ4n) is 3.64. The molecule has 0 bridgehead atoms. The molecule has 1 N–H and O–H groups in total. The molecule has 35 heavy (non-hydrogen) atoms. The van der Waals surface area contributed by atoms with E-state index < -0.39 is 10.8 Å². The van der Waals surface area contributed by atoms with Crippen LogP contribution in [0.2, 0.25) is 0 Å². The molecule has 0 radical (unpaired) electrons. The van der Waals surface area contributed by atoms with Crippen LogP contribution in [0.4, 0.5) is 16.0 Å². The summed E-state index contributed by atoms with van der Waals surface area (Å²) in [4.78, 5) is 25.8. The zero-order valence-corrected chi connectivity index (χ0v) is 19.7. The molecule has 180 valence electrons. The van der Waals surface area contributed by atoms with E-state index in [4.69, 9.17) is 9.15 Å². The minimum atomic E-state index is -0.654. The van der Waals surface area contributed by atoms with E-state index in [0.717, 1.165) is 31.1 Å². The number of carbonyl (C=O) groups is 1. The van der Waals surface area contributed by atoms with Gasteiger partial charge in [-0.25, -0.2) is 0 Å². The first-order chi connectivity index (χ1) is 17.0. The lowest BCUT2D eigenvalue weighted by Gasteiger charge is -2.25. The van der Waals surface area contributed by atoms with E-state index in [-0.39, 0.29) is 28.3 Å². The van der Waals surface area contributed by atoms with Crippen molar-refractivity contribution in [1.29, 1.82) is 5.26 Å². The summed E-state index contributed by atoms with van der Waals surface area (Å²) < 4.78 is 11.0. The van der Waals surface area contributed by atoms with Crippen LogP contribution >= 0.6 is 11.3 Å². The number of piperidine rings is 1. The lowest BCUT2D eigenvalue weighted by molar-refractivity contribution is -0.384. The number of nitro groups is 1. The number of amides is 1. The summed E-state index contributed by atoms with van der Waals surface area (Å²) in [6.45, 7) is 3.97. The molecule has 1 aromatic carbocycles. The van der Waals surface area contributed by atoms with Crippen LogP contribution < -0.4 is 15.0 Å². The number of furan rings is 1. The van der Waals surface area contributed by atoms with Crippen LogP contribution in [0.25, 0.3) is 17.4 Å². The fraction of sp³-hybridized carbons (Fsp3) is 0.304. The average Bonchev–Trinajstić information content (AvgIpc) is 3.53. The molecule has 3 aromatic rings. The van der Waals surface area contributed by atoms with Gasteiger partial charge in [-0.3, -0.25) is 20.2 Å². The van der Waals surface area contributed by atoms with Crippen LogP contribution in [-0.2, 0) is 4.79 Å². The summed E-state index contributed by atoms with van der Waals surface area (Å²) >= 11 is 1.25. The number of nitrogens with one attached hydrogen (secondary N) is 1. The summed E-state index contributed by atoms with van der Waals surface area (Å²) in [6, 6.07) is 9.38. The van der Waals surface area contributed by atoms with Crippen molar-refractivity contribution in [3.8, 4) is 23.1 Å². The summed E-state index contributed by atoms with van der Waals surface area (Å²) in [7, 11) is 0. The third-order valence-corrected chi connectivity index (χ3v) is 6.18. The van der Waals surface area contributed by atoms with Gasteiger partial charge in [-0.1, -0.05) is 11.3 Å². The molecule has 0 unspecified atom stereocenters. The Bertz CT molecular complexity index is 1300. The highest BCUT2D eigenvalue weighted by molar-refractivity contribution is 7.19. The van der Waals surface area contributed by atoms with Gasteiger partial charge in [-0.2, -0.15) is 5.26 Å². The second-order valence-electron chi connectivity index (χ2n) is 7.63. The third-order valence-electron chi connectivity index (χ3n) is 5.28. The summed E-state index contributed by atoms with van der Waals surface area (Å²) in [5.74, 6) is 0.136. The van der Waals surface area contributed by atoms with E-state index in [9.17, 15) is 20.2 Å². The van der Waals surface area contributed by atoms with Gasteiger partial charge in [-0.05, 0) is 50.5 Å². The molecular formula is C23H22N6O5S. The number of rotatable bonds is 8. The van der Waals surface area contributed by atoms with E-state index in [1.807, 2.05) is 6.07 Å². The molecule has 2 aromatic heterocycles. The van der Waals surface area contributed by atoms with Crippen molar-refractivity contribution in [2.45, 2.75) is 26.2 Å². The van der Waals surface area contributed by atoms with Crippen molar-refractivity contribution >= 4 is 39.3 Å². The van der Waals surface area contributed by atoms with E-state index in [1.54, 1.807) is 13.0 Å². The molecule has 0 spiro atoms. The number of nitriles is 1. The van der Waals surface area contributed by atoms with Gasteiger partial charge < -0.3 is 14.1 Å². The highest BCUT2D eigenvalue weighted by Gasteiger charge is 2.21. The average molecular weight is 495 g/mol. The Morgan fingerprint density at radius 3 is 2.83 bits per heavy atom. The molecule has 1 amide bonds. The molecule has 1 fully saturated rings. The predicted molar refractivity (Wildman–Crippen MR) is 130 cm³/mol. The lowest BCUT2D eigenvalue weighted by Crippen LogP contribution is -2.29. The number of ether oxygens (including phenoxy) is 1. The minimum absolute atomic E-state index is 0.181. The van der Waals surface area contributed by atoms with Gasteiger partial charge in [0.15, 0.2) is 0 Å². The lowest BCUT2D eigenvalue weighted by atomic mass is 10.1. The molecule has 12 heteroatoms. The Labute approximate surface area is 204 Å². The molecular weight excluding hydrogens is 472 g/mol. The molecule has 11 nitrogen and oxygen atoms in total. The van der Waals surface area contributed by atoms with Crippen molar-refractivity contribution in [2.75, 3.05) is 29.9 Å². The van der Waals surface area contributed by atoms with E-state index in [1.165, 1.54) is 48.1 Å². The smallest absolute Gasteiger partial charge is 0.284 e. The Balaban J connectivity index is 1.50. The minimum Gasteiger partial charge on any atom is -0.494 e. The fourth-order valence-corrected chi connectivity index (χ4v) is 4.43. The monoisotopic (exact) mass is 494 g/mol. The first kappa shape index (κ1) is 23.9. The number of benzene rings is 1. The number of carbonyl (C=O) groups excluding carboxylic acids is 1. The predicted octanol–water partition coefficient (Wildman–Crippen LogP) is 4.64. The molecule has 0 atom stereocenters. The van der Waals surface area contributed by atoms with Crippen molar-refractivity contribution in [3.05, 3.63) is 51.8 Å². The van der Waals surface area contributed by atoms with Gasteiger partial charge in [-0.15, -0.1) is 10.2 Å². The first-order valence-corrected chi connectivity index (χ1v) is 11.8. The van der Waals surface area contributed by atoms with E-state index in [0.29, 0.717) is 17.5 Å². The van der Waals surface area contributed by atoms with Gasteiger partial charge in [0, 0.05) is 19.2 Å². The molecule has 0 saturated carbocycles. The standard InChI is InChI=1S/C23H22N6O5S/c1-2-33-16-6-8-18(19(13-16)29(31)32)20-9-7-17(34-20)12-15(14-24)21(30)25-22-26-27-23(35-22)28-10-4-3-5-11-28/h6-9,12-13H,2-5,10-11H2,1H3,(H,25,26,30). The maximum Gasteiger partial charge on any atom is 0.284 e. The zero-order valence-electron chi connectivity index (χ0n) is 18.9.